The molecular formula is C26H34N5O15P. The highest BCUT2D eigenvalue weighted by Crippen LogP contribution is 2.51. The van der Waals surface area contributed by atoms with Gasteiger partial charge in [0.05, 0.1) is 24.5 Å². The third kappa shape index (κ3) is 9.49. The van der Waals surface area contributed by atoms with Gasteiger partial charge in [-0.2, -0.15) is 10.4 Å². The van der Waals surface area contributed by atoms with Gasteiger partial charge < -0.3 is 38.9 Å². The van der Waals surface area contributed by atoms with Gasteiger partial charge in [-0.3, -0.25) is 14.1 Å². The lowest BCUT2D eigenvalue weighted by molar-refractivity contribution is -0.166. The van der Waals surface area contributed by atoms with Gasteiger partial charge in [0.15, 0.2) is 18.0 Å². The Morgan fingerprint density at radius 3 is 2.09 bits per heavy atom. The van der Waals surface area contributed by atoms with E-state index in [0.29, 0.717) is 0 Å². The van der Waals surface area contributed by atoms with E-state index in [1.807, 2.05) is 6.07 Å². The van der Waals surface area contributed by atoms with Gasteiger partial charge in [0, 0.05) is 13.8 Å². The van der Waals surface area contributed by atoms with E-state index in [-0.39, 0.29) is 17.0 Å². The summed E-state index contributed by atoms with van der Waals surface area (Å²) < 4.78 is 66.2. The van der Waals surface area contributed by atoms with E-state index in [1.54, 1.807) is 27.7 Å². The fourth-order valence-electron chi connectivity index (χ4n) is 4.18. The molecule has 0 aromatic carbocycles. The highest BCUT2D eigenvalue weighted by atomic mass is 31.2. The number of carbonyl (C=O) groups is 4. The third-order valence-corrected chi connectivity index (χ3v) is 7.17. The highest BCUT2D eigenvalue weighted by Gasteiger charge is 2.62. The maximum atomic E-state index is 13.6. The quantitative estimate of drug-likeness (QED) is 0.129. The van der Waals surface area contributed by atoms with Crippen LogP contribution in [-0.4, -0.2) is 89.6 Å². The molecule has 3 rings (SSSR count). The number of carbonyl (C=O) groups excluding carboxylic acids is 4. The third-order valence-electron chi connectivity index (χ3n) is 5.86. The van der Waals surface area contributed by atoms with Crippen LogP contribution in [0.1, 0.15) is 47.2 Å². The molecule has 1 saturated heterocycles. The van der Waals surface area contributed by atoms with Crippen LogP contribution in [0.5, 0.6) is 0 Å². The van der Waals surface area contributed by atoms with Gasteiger partial charge in [0.2, 0.25) is 19.2 Å². The minimum atomic E-state index is -4.84. The van der Waals surface area contributed by atoms with Crippen LogP contribution in [0.25, 0.3) is 5.52 Å². The molecule has 0 unspecified atom stereocenters. The lowest BCUT2D eigenvalue weighted by atomic mass is 9.92. The molecule has 2 aromatic rings. The molecule has 0 radical (unpaired) electrons. The van der Waals surface area contributed by atoms with Gasteiger partial charge in [-0.15, -0.1) is 0 Å². The summed E-state index contributed by atoms with van der Waals surface area (Å²) in [5.74, 6) is -1.70. The summed E-state index contributed by atoms with van der Waals surface area (Å²) in [6.07, 6.45) is -7.04. The van der Waals surface area contributed by atoms with Crippen LogP contribution in [-0.2, 0) is 66.5 Å². The highest BCUT2D eigenvalue weighted by molar-refractivity contribution is 7.48. The lowest BCUT2D eigenvalue weighted by Crippen LogP contribution is -2.45. The Morgan fingerprint density at radius 2 is 1.57 bits per heavy atom. The Morgan fingerprint density at radius 1 is 1.00 bits per heavy atom. The van der Waals surface area contributed by atoms with E-state index in [2.05, 4.69) is 10.1 Å². The van der Waals surface area contributed by atoms with Gasteiger partial charge >= 0.3 is 32.1 Å². The van der Waals surface area contributed by atoms with E-state index >= 15 is 0 Å². The molecule has 0 bridgehead atoms. The number of nitriles is 1. The maximum absolute atomic E-state index is 13.6. The average Bonchev–Trinajstić information content (AvgIpc) is 3.52. The monoisotopic (exact) mass is 687 g/mol. The number of anilines is 1. The first-order valence-electron chi connectivity index (χ1n) is 13.8. The molecule has 0 aliphatic carbocycles. The molecule has 3 heterocycles. The van der Waals surface area contributed by atoms with Gasteiger partial charge in [0.25, 0.3) is 0 Å². The van der Waals surface area contributed by atoms with E-state index in [4.69, 9.17) is 52.5 Å². The molecule has 2 aromatic heterocycles. The molecule has 21 heteroatoms. The first-order chi connectivity index (χ1) is 22.1. The Kier molecular flexibility index (Phi) is 12.4. The molecule has 1 aliphatic heterocycles. The molecule has 20 nitrogen and oxygen atoms in total. The lowest BCUT2D eigenvalue weighted by Gasteiger charge is -2.28. The first kappa shape index (κ1) is 36.9. The van der Waals surface area contributed by atoms with Crippen molar-refractivity contribution in [2.45, 2.75) is 77.7 Å². The fourth-order valence-corrected chi connectivity index (χ4v) is 5.10. The molecular weight excluding hydrogens is 653 g/mol. The minimum Gasteiger partial charge on any atom is -0.456 e. The molecule has 0 amide bonds. The van der Waals surface area contributed by atoms with Crippen LogP contribution in [0.15, 0.2) is 18.5 Å². The second-order valence-electron chi connectivity index (χ2n) is 10.1. The van der Waals surface area contributed by atoms with Crippen molar-refractivity contribution in [3.8, 4) is 6.07 Å². The molecule has 0 spiro atoms. The zero-order chi connectivity index (χ0) is 34.9. The number of hydrogen-bond donors (Lipinski definition) is 1. The van der Waals surface area contributed by atoms with Crippen LogP contribution in [0.2, 0.25) is 0 Å². The predicted octanol–water partition coefficient (Wildman–Crippen LogP) is 2.49. The standard InChI is InChI=1S/C26H34N5O15P/c1-14(2)42-24(34)37-12-40-47(36,41-13-38-25(35)43-15(3)4)39-9-19-21(44-16(5)32)22(45-17(6)33)26(10-27,46-19)20-8-7-18-23(28)29-11-30-31(18)20/h7-8,11,14-15,19,21-22H,9,12-13H2,1-6H3,(H2,28,29,30)/t19-,21-,22-,26+/m1/s1. The van der Waals surface area contributed by atoms with Crippen LogP contribution in [0, 0.1) is 11.3 Å². The number of rotatable bonds is 14. The van der Waals surface area contributed by atoms with Crippen molar-refractivity contribution in [2.75, 3.05) is 25.9 Å². The summed E-state index contributed by atoms with van der Waals surface area (Å²) in [5, 5.41) is 14.6. The zero-order valence-corrected chi connectivity index (χ0v) is 27.1. The summed E-state index contributed by atoms with van der Waals surface area (Å²) in [6.45, 7) is 5.44. The number of nitrogen functional groups attached to an aromatic ring is 1. The molecule has 1 fully saturated rings. The number of nitrogens with zero attached hydrogens (tertiary/aromatic N) is 4. The topological polar surface area (TPSA) is 258 Å². The van der Waals surface area contributed by atoms with Crippen molar-refractivity contribution >= 4 is 43.4 Å². The fraction of sp³-hybridized carbons (Fsp3) is 0.577. The smallest absolute Gasteiger partial charge is 0.456 e. The van der Waals surface area contributed by atoms with Crippen LogP contribution < -0.4 is 5.73 Å². The van der Waals surface area contributed by atoms with Crippen LogP contribution >= 0.6 is 7.82 Å². The number of ether oxygens (including phenoxy) is 7. The molecule has 2 N–H and O–H groups in total. The largest absolute Gasteiger partial charge is 0.510 e. The number of fused-ring (bicyclic) bond motifs is 1. The van der Waals surface area contributed by atoms with E-state index < -0.39 is 88.4 Å². The maximum Gasteiger partial charge on any atom is 0.510 e. The summed E-state index contributed by atoms with van der Waals surface area (Å²) in [5.41, 5.74) is 3.99. The van der Waals surface area contributed by atoms with Crippen molar-refractivity contribution in [3.63, 3.8) is 0 Å². The van der Waals surface area contributed by atoms with Crippen molar-refractivity contribution in [1.29, 1.82) is 5.26 Å². The zero-order valence-electron chi connectivity index (χ0n) is 26.2. The second-order valence-corrected chi connectivity index (χ2v) is 11.8. The van der Waals surface area contributed by atoms with Gasteiger partial charge in [-0.25, -0.2) is 32.7 Å². The van der Waals surface area contributed by atoms with Gasteiger partial charge in [-0.05, 0) is 39.8 Å². The Hall–Kier alpha value is -4.54. The van der Waals surface area contributed by atoms with Gasteiger partial charge in [-0.1, -0.05) is 0 Å². The average molecular weight is 688 g/mol. The number of nitrogens with two attached hydrogens (primary N) is 1. The predicted molar refractivity (Wildman–Crippen MR) is 152 cm³/mol. The Bertz CT molecular complexity index is 1510. The van der Waals surface area contributed by atoms with Crippen molar-refractivity contribution in [1.82, 2.24) is 14.6 Å². The summed E-state index contributed by atoms with van der Waals surface area (Å²) in [4.78, 5) is 51.8. The SMILES string of the molecule is CC(=O)O[C@H]1[C@@H](OC(C)=O)[C@](C#N)(c2ccc3c(N)ncnn23)O[C@@H]1COP(=O)(OCOC(=O)OC(C)C)OCOC(=O)OC(C)C. The summed E-state index contributed by atoms with van der Waals surface area (Å²) >= 11 is 0. The second kappa shape index (κ2) is 15.8. The summed E-state index contributed by atoms with van der Waals surface area (Å²) in [7, 11) is -4.84. The molecule has 258 valence electrons. The normalized spacial score (nSPS) is 20.9. The van der Waals surface area contributed by atoms with E-state index in [9.17, 15) is 29.0 Å². The summed E-state index contributed by atoms with van der Waals surface area (Å²) in [6, 6.07) is 4.85. The number of aromatic nitrogens is 3. The number of hydrogen-bond acceptors (Lipinski definition) is 19. The molecule has 0 saturated carbocycles. The van der Waals surface area contributed by atoms with Crippen LogP contribution in [0.4, 0.5) is 15.4 Å². The van der Waals surface area contributed by atoms with Gasteiger partial charge in [0.1, 0.15) is 24.0 Å². The van der Waals surface area contributed by atoms with Crippen molar-refractivity contribution < 1.29 is 70.5 Å². The van der Waals surface area contributed by atoms with Crippen LogP contribution in [0.3, 0.4) is 0 Å². The molecule has 47 heavy (non-hydrogen) atoms. The van der Waals surface area contributed by atoms with Crippen molar-refractivity contribution in [2.24, 2.45) is 0 Å². The number of phosphoric ester groups is 1. The Labute approximate surface area is 267 Å². The van der Waals surface area contributed by atoms with Crippen molar-refractivity contribution in [3.05, 3.63) is 24.2 Å². The minimum absolute atomic E-state index is 0.000172. The van der Waals surface area contributed by atoms with E-state index in [0.717, 1.165) is 20.2 Å². The first-order valence-corrected chi connectivity index (χ1v) is 15.3. The Balaban J connectivity index is 1.93. The molecule has 4 atom stereocenters. The number of phosphoric acid groups is 1. The van der Waals surface area contributed by atoms with E-state index in [1.165, 1.54) is 16.6 Å². The number of esters is 2. The molecule has 1 aliphatic rings.